The second-order valence-electron chi connectivity index (χ2n) is 6.55. The zero-order chi connectivity index (χ0) is 24.2. The number of anilines is 2. The van der Waals surface area contributed by atoms with E-state index in [0.717, 1.165) is 30.3 Å². The Morgan fingerprint density at radius 2 is 1.45 bits per heavy atom. The molecule has 0 aliphatic heterocycles. The maximum atomic E-state index is 13.0. The van der Waals surface area contributed by atoms with Gasteiger partial charge in [-0.15, -0.1) is 0 Å². The number of halogens is 6. The largest absolute Gasteiger partial charge is 0.493 e. The Balaban J connectivity index is 1.92. The minimum absolute atomic E-state index is 0.00607. The maximum Gasteiger partial charge on any atom is 0.416 e. The van der Waals surface area contributed by atoms with Gasteiger partial charge in [-0.1, -0.05) is 12.1 Å². The number of hydrogen-bond acceptors (Lipinski definition) is 3. The average Bonchev–Trinajstić information content (AvgIpc) is 2.73. The minimum Gasteiger partial charge on any atom is -0.493 e. The summed E-state index contributed by atoms with van der Waals surface area (Å²) in [5.41, 5.74) is -2.21. The Bertz CT molecular complexity index is 1170. The summed E-state index contributed by atoms with van der Waals surface area (Å²) in [5, 5.41) is 14.6. The normalized spacial score (nSPS) is 12.4. The summed E-state index contributed by atoms with van der Waals surface area (Å²) in [6.45, 7) is 0. The van der Waals surface area contributed by atoms with Crippen LogP contribution in [0.4, 0.5) is 37.8 Å². The Kier molecular flexibility index (Phi) is 6.56. The van der Waals surface area contributed by atoms with Crippen LogP contribution in [-0.4, -0.2) is 22.0 Å². The molecule has 0 atom stereocenters. The molecule has 3 rings (SSSR count). The fourth-order valence-electron chi connectivity index (χ4n) is 2.58. The van der Waals surface area contributed by atoms with Gasteiger partial charge in [-0.2, -0.15) is 36.3 Å². The van der Waals surface area contributed by atoms with Gasteiger partial charge in [0.15, 0.2) is 0 Å². The highest BCUT2D eigenvalue weighted by molar-refractivity contribution is 6.11. The summed E-state index contributed by atoms with van der Waals surface area (Å²) in [5.74, 6) is -1.75. The number of nitrogens with one attached hydrogen (secondary N) is 2. The zero-order valence-corrected chi connectivity index (χ0v) is 16.4. The highest BCUT2D eigenvalue weighted by Gasteiger charge is 2.31. The van der Waals surface area contributed by atoms with Crippen LogP contribution >= 0.6 is 0 Å². The van der Waals surface area contributed by atoms with E-state index in [1.165, 1.54) is 24.3 Å². The number of nitrogens with zero attached hydrogens (tertiary/aromatic N) is 2. The molecule has 3 N–H and O–H groups in total. The quantitative estimate of drug-likeness (QED) is 0.267. The van der Waals surface area contributed by atoms with E-state index >= 15 is 0 Å². The number of carbonyl (C=O) groups is 1. The number of alkyl halides is 6. The predicted molar refractivity (Wildman–Crippen MR) is 108 cm³/mol. The van der Waals surface area contributed by atoms with Crippen LogP contribution in [0.3, 0.4) is 0 Å². The van der Waals surface area contributed by atoms with Crippen LogP contribution < -0.4 is 10.6 Å². The Hall–Kier alpha value is -4.09. The summed E-state index contributed by atoms with van der Waals surface area (Å²) in [6.07, 6.45) is -9.21. The van der Waals surface area contributed by atoms with Crippen LogP contribution in [0.15, 0.2) is 71.7 Å². The first kappa shape index (κ1) is 23.6. The lowest BCUT2D eigenvalue weighted by Gasteiger charge is -2.14. The average molecular weight is 468 g/mol. The minimum atomic E-state index is -4.62. The molecule has 0 saturated heterocycles. The van der Waals surface area contributed by atoms with Crippen LogP contribution in [0.5, 0.6) is 5.88 Å². The van der Waals surface area contributed by atoms with Gasteiger partial charge in [0.25, 0.3) is 5.91 Å². The van der Waals surface area contributed by atoms with Crippen LogP contribution in [0, 0.1) is 0 Å². The lowest BCUT2D eigenvalue weighted by Crippen LogP contribution is -2.24. The third-order valence-electron chi connectivity index (χ3n) is 4.11. The Morgan fingerprint density at radius 1 is 0.818 bits per heavy atom. The number of carbonyl (C=O) groups excluding carboxylic acids is 1. The van der Waals surface area contributed by atoms with Crippen LogP contribution in [0.2, 0.25) is 0 Å². The molecule has 2 aromatic carbocycles. The molecule has 0 fully saturated rings. The first-order chi connectivity index (χ1) is 15.4. The molecular formula is C21H14F6N4O2. The molecule has 6 nitrogen and oxygen atoms in total. The number of pyridine rings is 1. The van der Waals surface area contributed by atoms with Gasteiger partial charge >= 0.3 is 12.4 Å². The number of amides is 1. The van der Waals surface area contributed by atoms with Crippen molar-refractivity contribution in [2.75, 3.05) is 10.6 Å². The van der Waals surface area contributed by atoms with Crippen molar-refractivity contribution >= 4 is 23.4 Å². The van der Waals surface area contributed by atoms with E-state index in [2.05, 4.69) is 20.6 Å². The highest BCUT2D eigenvalue weighted by Crippen LogP contribution is 2.31. The van der Waals surface area contributed by atoms with Crippen molar-refractivity contribution in [3.63, 3.8) is 0 Å². The summed E-state index contributed by atoms with van der Waals surface area (Å²) < 4.78 is 77.2. The molecule has 1 aromatic heterocycles. The lowest BCUT2D eigenvalue weighted by molar-refractivity contribution is -0.138. The molecule has 0 bridgehead atoms. The summed E-state index contributed by atoms with van der Waals surface area (Å²) in [4.78, 5) is 20.0. The van der Waals surface area contributed by atoms with Crippen molar-refractivity contribution in [3.8, 4) is 5.88 Å². The van der Waals surface area contributed by atoms with Crippen LogP contribution in [-0.2, 0) is 12.4 Å². The van der Waals surface area contributed by atoms with Gasteiger partial charge < -0.3 is 15.7 Å². The van der Waals surface area contributed by atoms with E-state index in [0.29, 0.717) is 12.1 Å². The van der Waals surface area contributed by atoms with Gasteiger partial charge in [-0.3, -0.25) is 4.79 Å². The molecule has 0 saturated carbocycles. The fourth-order valence-corrected chi connectivity index (χ4v) is 2.58. The molecule has 0 aliphatic rings. The maximum absolute atomic E-state index is 13.0. The van der Waals surface area contributed by atoms with E-state index in [-0.39, 0.29) is 28.9 Å². The molecular weight excluding hydrogens is 454 g/mol. The standard InChI is InChI=1S/C21H14F6N4O2/c22-20(23,24)13-9-7-12(8-10-13)18(33)31-19(30-16-5-2-6-17(32)29-16)28-15-4-1-3-14(11-15)21(25,26)27/h1-11H,(H3,28,29,30,31,32,33). The van der Waals surface area contributed by atoms with Crippen LogP contribution in [0.1, 0.15) is 21.5 Å². The number of rotatable bonds is 3. The van der Waals surface area contributed by atoms with Crippen molar-refractivity contribution in [3.05, 3.63) is 83.4 Å². The van der Waals surface area contributed by atoms with E-state index in [1.807, 2.05) is 0 Å². The third kappa shape index (κ3) is 6.45. The molecule has 0 radical (unpaired) electrons. The number of aromatic nitrogens is 1. The molecule has 1 heterocycles. The van der Waals surface area contributed by atoms with Crippen molar-refractivity contribution in [1.82, 2.24) is 4.98 Å². The van der Waals surface area contributed by atoms with Crippen LogP contribution in [0.25, 0.3) is 0 Å². The molecule has 33 heavy (non-hydrogen) atoms. The Labute approximate surface area is 182 Å². The molecule has 0 aliphatic carbocycles. The molecule has 0 unspecified atom stereocenters. The predicted octanol–water partition coefficient (Wildman–Crippen LogP) is 5.55. The van der Waals surface area contributed by atoms with Crippen molar-refractivity contribution in [1.29, 1.82) is 0 Å². The topological polar surface area (TPSA) is 86.6 Å². The van der Waals surface area contributed by atoms with Gasteiger partial charge in [-0.25, -0.2) is 0 Å². The fraction of sp³-hybridized carbons (Fsp3) is 0.0952. The van der Waals surface area contributed by atoms with Gasteiger partial charge in [0.1, 0.15) is 5.82 Å². The van der Waals surface area contributed by atoms with E-state index < -0.39 is 29.4 Å². The third-order valence-corrected chi connectivity index (χ3v) is 4.11. The first-order valence-electron chi connectivity index (χ1n) is 9.09. The number of aromatic hydroxyl groups is 1. The highest BCUT2D eigenvalue weighted by atomic mass is 19.4. The van der Waals surface area contributed by atoms with Gasteiger partial charge in [0, 0.05) is 17.3 Å². The molecule has 3 aromatic rings. The molecule has 1 amide bonds. The van der Waals surface area contributed by atoms with Gasteiger partial charge in [-0.05, 0) is 48.5 Å². The SMILES string of the molecule is O=C(/N=C(\Nc1cccc(C(F)(F)F)c1)Nc1cccc(O)n1)c1ccc(C(F)(F)F)cc1. The molecule has 172 valence electrons. The van der Waals surface area contributed by atoms with Crippen molar-refractivity contribution in [2.24, 2.45) is 4.99 Å². The summed E-state index contributed by atoms with van der Waals surface area (Å²) in [7, 11) is 0. The summed E-state index contributed by atoms with van der Waals surface area (Å²) >= 11 is 0. The number of benzene rings is 2. The number of hydrogen-bond donors (Lipinski definition) is 3. The van der Waals surface area contributed by atoms with E-state index in [4.69, 9.17) is 0 Å². The second-order valence-corrected chi connectivity index (χ2v) is 6.55. The van der Waals surface area contributed by atoms with Crippen molar-refractivity contribution in [2.45, 2.75) is 12.4 Å². The monoisotopic (exact) mass is 468 g/mol. The summed E-state index contributed by atoms with van der Waals surface area (Å²) in [6, 6.07) is 11.3. The van der Waals surface area contributed by atoms with E-state index in [9.17, 15) is 36.2 Å². The van der Waals surface area contributed by atoms with Gasteiger partial charge in [0.05, 0.1) is 11.1 Å². The lowest BCUT2D eigenvalue weighted by atomic mass is 10.1. The smallest absolute Gasteiger partial charge is 0.416 e. The molecule has 0 spiro atoms. The van der Waals surface area contributed by atoms with Gasteiger partial charge in [0.2, 0.25) is 11.8 Å². The number of aliphatic imine (C=N–C) groups is 1. The Morgan fingerprint density at radius 3 is 2.06 bits per heavy atom. The first-order valence-corrected chi connectivity index (χ1v) is 9.09. The second kappa shape index (κ2) is 9.18. The number of guanidine groups is 1. The van der Waals surface area contributed by atoms with E-state index in [1.54, 1.807) is 0 Å². The zero-order valence-electron chi connectivity index (χ0n) is 16.4. The molecule has 12 heteroatoms. The van der Waals surface area contributed by atoms with Crippen molar-refractivity contribution < 1.29 is 36.2 Å².